The van der Waals surface area contributed by atoms with Crippen molar-refractivity contribution in [3.8, 4) is 11.5 Å². The highest BCUT2D eigenvalue weighted by atomic mass is 35.5. The second-order valence-electron chi connectivity index (χ2n) is 7.83. The number of nitrogens with one attached hydrogen (secondary N) is 2. The summed E-state index contributed by atoms with van der Waals surface area (Å²) in [5.74, 6) is 0.0649. The van der Waals surface area contributed by atoms with Gasteiger partial charge in [-0.15, -0.1) is 0 Å². The lowest BCUT2D eigenvalue weighted by atomic mass is 10.1. The largest absolute Gasteiger partial charge is 0.494 e. The lowest BCUT2D eigenvalue weighted by Crippen LogP contribution is -2.50. The third-order valence-electron chi connectivity index (χ3n) is 5.04. The summed E-state index contributed by atoms with van der Waals surface area (Å²) in [5, 5.41) is 7.54. The van der Waals surface area contributed by atoms with Gasteiger partial charge in [-0.25, -0.2) is 5.43 Å². The highest BCUT2D eigenvalue weighted by Crippen LogP contribution is 2.28. The van der Waals surface area contributed by atoms with E-state index in [-0.39, 0.29) is 11.4 Å². The molecule has 3 aromatic rings. The van der Waals surface area contributed by atoms with Gasteiger partial charge in [-0.05, 0) is 55.3 Å². The monoisotopic (exact) mass is 527 g/mol. The molecule has 2 N–H and O–H groups in total. The Morgan fingerprint density at radius 1 is 1.00 bits per heavy atom. The molecule has 0 bridgehead atoms. The zero-order valence-corrected chi connectivity index (χ0v) is 21.4. The third kappa shape index (κ3) is 8.29. The van der Waals surface area contributed by atoms with Crippen LogP contribution in [-0.4, -0.2) is 36.8 Å². The molecule has 0 spiro atoms. The molecule has 0 aromatic heterocycles. The molecule has 0 saturated heterocycles. The van der Waals surface area contributed by atoms with Crippen LogP contribution in [0.3, 0.4) is 0 Å². The summed E-state index contributed by atoms with van der Waals surface area (Å²) in [6.45, 7) is 4.02. The van der Waals surface area contributed by atoms with Gasteiger partial charge >= 0.3 is 0 Å². The van der Waals surface area contributed by atoms with Crippen molar-refractivity contribution in [2.24, 2.45) is 5.10 Å². The van der Waals surface area contributed by atoms with E-state index in [1.54, 1.807) is 19.1 Å². The van der Waals surface area contributed by atoms with E-state index in [1.165, 1.54) is 12.3 Å². The van der Waals surface area contributed by atoms with Crippen LogP contribution in [0.1, 0.15) is 25.0 Å². The molecule has 0 aliphatic rings. The normalized spacial score (nSPS) is 12.6. The number of rotatable bonds is 11. The van der Waals surface area contributed by atoms with Crippen LogP contribution in [0.15, 0.2) is 77.9 Å². The van der Waals surface area contributed by atoms with Crippen LogP contribution < -0.4 is 20.2 Å². The number of benzene rings is 3. The number of carbonyl (C=O) groups is 2. The van der Waals surface area contributed by atoms with Crippen molar-refractivity contribution >= 4 is 41.2 Å². The minimum absolute atomic E-state index is 0.266. The Balaban J connectivity index is 1.68. The Labute approximate surface area is 220 Å². The summed E-state index contributed by atoms with van der Waals surface area (Å²) in [6.07, 6.45) is 0.859. The van der Waals surface area contributed by atoms with Gasteiger partial charge in [0.05, 0.1) is 17.8 Å². The topological polar surface area (TPSA) is 89.0 Å². The number of carbonyl (C=O) groups excluding carboxylic acids is 2. The molecule has 3 aromatic carbocycles. The maximum atomic E-state index is 13.0. The van der Waals surface area contributed by atoms with Gasteiger partial charge in [0.1, 0.15) is 17.5 Å². The van der Waals surface area contributed by atoms with Crippen molar-refractivity contribution < 1.29 is 19.1 Å². The Kier molecular flexibility index (Phi) is 10.2. The summed E-state index contributed by atoms with van der Waals surface area (Å²) >= 11 is 12.1. The van der Waals surface area contributed by atoms with Crippen molar-refractivity contribution in [1.29, 1.82) is 0 Å². The number of hydrazone groups is 1. The van der Waals surface area contributed by atoms with Gasteiger partial charge in [0, 0.05) is 11.4 Å². The van der Waals surface area contributed by atoms with Crippen molar-refractivity contribution in [2.45, 2.75) is 32.4 Å². The second-order valence-corrected chi connectivity index (χ2v) is 8.67. The number of amides is 2. The van der Waals surface area contributed by atoms with Crippen molar-refractivity contribution in [2.75, 3.05) is 6.61 Å². The van der Waals surface area contributed by atoms with E-state index < -0.39 is 24.0 Å². The first-order valence-electron chi connectivity index (χ1n) is 11.4. The summed E-state index contributed by atoms with van der Waals surface area (Å²) in [7, 11) is 0. The number of halogens is 2. The van der Waals surface area contributed by atoms with Crippen LogP contribution in [-0.2, 0) is 16.0 Å². The second kappa shape index (κ2) is 13.5. The Morgan fingerprint density at radius 3 is 2.50 bits per heavy atom. The summed E-state index contributed by atoms with van der Waals surface area (Å²) < 4.78 is 11.2. The zero-order valence-electron chi connectivity index (χ0n) is 19.9. The van der Waals surface area contributed by atoms with Gasteiger partial charge in [-0.1, -0.05) is 65.7 Å². The van der Waals surface area contributed by atoms with Crippen LogP contribution >= 0.6 is 23.2 Å². The van der Waals surface area contributed by atoms with E-state index in [0.717, 1.165) is 11.1 Å². The minimum Gasteiger partial charge on any atom is -0.494 e. The standard InChI is InChI=1S/C27H27Cl2N3O4/c1-3-35-22-11-7-10-20(14-22)17-30-32-27(34)24(15-19-8-5-4-6-9-19)31-26(33)18(2)36-25-13-12-21(28)16-23(25)29/h4-14,16-18,24H,3,15H2,1-2H3,(H,31,33)(H,32,34)/b30-17-/t18-,24-/m0/s1. The van der Waals surface area contributed by atoms with Crippen LogP contribution in [0.25, 0.3) is 0 Å². The van der Waals surface area contributed by atoms with E-state index in [9.17, 15) is 9.59 Å². The molecule has 0 heterocycles. The average molecular weight is 528 g/mol. The molecule has 36 heavy (non-hydrogen) atoms. The smallest absolute Gasteiger partial charge is 0.262 e. The molecule has 188 valence electrons. The quantitative estimate of drug-likeness (QED) is 0.270. The van der Waals surface area contributed by atoms with Crippen LogP contribution in [0.4, 0.5) is 0 Å². The number of ether oxygens (including phenoxy) is 2. The first kappa shape index (κ1) is 27.0. The molecular formula is C27H27Cl2N3O4. The van der Waals surface area contributed by atoms with Crippen LogP contribution in [0.5, 0.6) is 11.5 Å². The molecule has 0 radical (unpaired) electrons. The number of hydrogen-bond acceptors (Lipinski definition) is 5. The molecule has 0 aliphatic heterocycles. The molecular weight excluding hydrogens is 501 g/mol. The Hall–Kier alpha value is -3.55. The maximum absolute atomic E-state index is 13.0. The molecule has 0 saturated carbocycles. The fourth-order valence-electron chi connectivity index (χ4n) is 3.26. The maximum Gasteiger partial charge on any atom is 0.262 e. The Morgan fingerprint density at radius 2 is 1.78 bits per heavy atom. The highest BCUT2D eigenvalue weighted by molar-refractivity contribution is 6.35. The minimum atomic E-state index is -0.917. The third-order valence-corrected chi connectivity index (χ3v) is 5.57. The van der Waals surface area contributed by atoms with E-state index in [4.69, 9.17) is 32.7 Å². The molecule has 9 heteroatoms. The lowest BCUT2D eigenvalue weighted by molar-refractivity contribution is -0.132. The lowest BCUT2D eigenvalue weighted by Gasteiger charge is -2.21. The molecule has 0 fully saturated rings. The molecule has 0 unspecified atom stereocenters. The molecule has 7 nitrogen and oxygen atoms in total. The van der Waals surface area contributed by atoms with Gasteiger partial charge < -0.3 is 14.8 Å². The summed E-state index contributed by atoms with van der Waals surface area (Å²) in [4.78, 5) is 25.9. The van der Waals surface area contributed by atoms with Crippen molar-refractivity contribution in [3.63, 3.8) is 0 Å². The first-order chi connectivity index (χ1) is 17.4. The summed E-state index contributed by atoms with van der Waals surface area (Å²) in [5.41, 5.74) is 4.14. The van der Waals surface area contributed by atoms with E-state index >= 15 is 0 Å². The predicted octanol–water partition coefficient (Wildman–Crippen LogP) is 5.04. The number of nitrogens with zero attached hydrogens (tertiary/aromatic N) is 1. The van der Waals surface area contributed by atoms with Gasteiger partial charge in [0.2, 0.25) is 0 Å². The molecule has 2 amide bonds. The summed E-state index contributed by atoms with van der Waals surface area (Å²) in [6, 6.07) is 20.5. The van der Waals surface area contributed by atoms with E-state index in [1.807, 2.05) is 61.5 Å². The first-order valence-corrected chi connectivity index (χ1v) is 12.1. The fraction of sp³-hybridized carbons (Fsp3) is 0.222. The molecule has 3 rings (SSSR count). The predicted molar refractivity (Wildman–Crippen MR) is 142 cm³/mol. The van der Waals surface area contributed by atoms with E-state index in [0.29, 0.717) is 23.1 Å². The highest BCUT2D eigenvalue weighted by Gasteiger charge is 2.25. The Bertz CT molecular complexity index is 1200. The zero-order chi connectivity index (χ0) is 25.9. The van der Waals surface area contributed by atoms with Gasteiger partial charge in [-0.3, -0.25) is 9.59 Å². The average Bonchev–Trinajstić information content (AvgIpc) is 2.86. The van der Waals surface area contributed by atoms with Gasteiger partial charge in [0.15, 0.2) is 6.10 Å². The van der Waals surface area contributed by atoms with E-state index in [2.05, 4.69) is 15.8 Å². The van der Waals surface area contributed by atoms with Gasteiger partial charge in [0.25, 0.3) is 11.8 Å². The molecule has 0 aliphatic carbocycles. The van der Waals surface area contributed by atoms with Crippen molar-refractivity contribution in [1.82, 2.24) is 10.7 Å². The van der Waals surface area contributed by atoms with Crippen LogP contribution in [0, 0.1) is 0 Å². The SMILES string of the molecule is CCOc1cccc(/C=N\NC(=O)[C@H](Cc2ccccc2)NC(=O)[C@H](C)Oc2ccc(Cl)cc2Cl)c1. The number of hydrogen-bond donors (Lipinski definition) is 2. The fourth-order valence-corrected chi connectivity index (χ4v) is 3.72. The van der Waals surface area contributed by atoms with Crippen molar-refractivity contribution in [3.05, 3.63) is 94.0 Å². The van der Waals surface area contributed by atoms with Crippen LogP contribution in [0.2, 0.25) is 10.0 Å². The van der Waals surface area contributed by atoms with Gasteiger partial charge in [-0.2, -0.15) is 5.10 Å². The molecule has 2 atom stereocenters.